The number of amides is 1. The number of benzene rings is 1. The van der Waals surface area contributed by atoms with Gasteiger partial charge in [0.15, 0.2) is 11.5 Å². The first-order valence-electron chi connectivity index (χ1n) is 9.80. The Morgan fingerprint density at radius 3 is 2.29 bits per heavy atom. The second kappa shape index (κ2) is 8.58. The average Bonchev–Trinajstić information content (AvgIpc) is 2.78. The molecule has 1 aliphatic heterocycles. The van der Waals surface area contributed by atoms with Gasteiger partial charge in [-0.25, -0.2) is 28.7 Å². The maximum Gasteiger partial charge on any atom is 0.273 e. The van der Waals surface area contributed by atoms with Crippen LogP contribution in [-0.2, 0) is 5.41 Å². The van der Waals surface area contributed by atoms with Crippen molar-refractivity contribution < 1.29 is 13.6 Å². The first-order chi connectivity index (χ1) is 15.0. The zero-order chi connectivity index (χ0) is 21.8. The Bertz CT molecular complexity index is 1050. The van der Waals surface area contributed by atoms with Gasteiger partial charge in [-0.05, 0) is 36.6 Å². The lowest BCUT2D eigenvalue weighted by Gasteiger charge is -2.42. The molecule has 1 aliphatic rings. The summed E-state index contributed by atoms with van der Waals surface area (Å²) in [6.07, 6.45) is 7.16. The van der Waals surface area contributed by atoms with Crippen LogP contribution in [0.2, 0.25) is 0 Å². The van der Waals surface area contributed by atoms with E-state index >= 15 is 0 Å². The van der Waals surface area contributed by atoms with Gasteiger partial charge in [-0.2, -0.15) is 0 Å². The van der Waals surface area contributed by atoms with E-state index in [4.69, 9.17) is 5.73 Å². The Morgan fingerprint density at radius 2 is 1.65 bits per heavy atom. The van der Waals surface area contributed by atoms with E-state index in [0.717, 1.165) is 6.07 Å². The Morgan fingerprint density at radius 1 is 1.00 bits per heavy atom. The summed E-state index contributed by atoms with van der Waals surface area (Å²) in [5.41, 5.74) is 5.57. The van der Waals surface area contributed by atoms with Crippen LogP contribution in [0.4, 0.5) is 20.5 Å². The number of hydrogen-bond donors (Lipinski definition) is 2. The Labute approximate surface area is 177 Å². The molecule has 0 atom stereocenters. The van der Waals surface area contributed by atoms with E-state index in [9.17, 15) is 13.6 Å². The first-order valence-corrected chi connectivity index (χ1v) is 9.80. The summed E-state index contributed by atoms with van der Waals surface area (Å²) in [5, 5.41) is 2.83. The summed E-state index contributed by atoms with van der Waals surface area (Å²) in [6, 6.07) is 5.21. The quantitative estimate of drug-likeness (QED) is 0.644. The van der Waals surface area contributed by atoms with Crippen LogP contribution in [0.5, 0.6) is 0 Å². The van der Waals surface area contributed by atoms with Crippen molar-refractivity contribution in [2.75, 3.05) is 30.3 Å². The zero-order valence-electron chi connectivity index (χ0n) is 16.6. The molecule has 0 aliphatic carbocycles. The fraction of sp³-hybridized carbons (Fsp3) is 0.286. The van der Waals surface area contributed by atoms with Gasteiger partial charge in [0.2, 0.25) is 5.95 Å². The first kappa shape index (κ1) is 20.6. The molecule has 8 nitrogen and oxygen atoms in total. The Kier molecular flexibility index (Phi) is 5.70. The van der Waals surface area contributed by atoms with Gasteiger partial charge in [0.1, 0.15) is 11.6 Å². The van der Waals surface area contributed by atoms with Crippen LogP contribution in [0, 0.1) is 11.6 Å². The molecule has 31 heavy (non-hydrogen) atoms. The number of aromatic nitrogens is 4. The topological polar surface area (TPSA) is 110 Å². The number of nitrogens with zero attached hydrogens (tertiary/aromatic N) is 5. The minimum absolute atomic E-state index is 0.0122. The molecule has 10 heteroatoms. The van der Waals surface area contributed by atoms with Crippen molar-refractivity contribution in [2.45, 2.75) is 18.3 Å². The van der Waals surface area contributed by atoms with Crippen molar-refractivity contribution in [3.05, 3.63) is 71.9 Å². The lowest BCUT2D eigenvalue weighted by atomic mass is 9.72. The number of nitrogen functional groups attached to an aromatic ring is 1. The third-order valence-electron chi connectivity index (χ3n) is 5.56. The molecule has 2 aromatic heterocycles. The molecular weight excluding hydrogens is 404 g/mol. The summed E-state index contributed by atoms with van der Waals surface area (Å²) in [6.45, 7) is 1.28. The third kappa shape index (κ3) is 4.42. The molecule has 3 N–H and O–H groups in total. The number of carbonyl (C=O) groups is 1. The maximum absolute atomic E-state index is 14.0. The molecule has 0 spiro atoms. The van der Waals surface area contributed by atoms with Crippen molar-refractivity contribution >= 4 is 17.7 Å². The molecule has 4 rings (SSSR count). The molecule has 0 saturated carbocycles. The predicted molar refractivity (Wildman–Crippen MR) is 110 cm³/mol. The van der Waals surface area contributed by atoms with E-state index in [1.165, 1.54) is 24.5 Å². The van der Waals surface area contributed by atoms with Crippen molar-refractivity contribution in [1.82, 2.24) is 25.3 Å². The molecule has 0 bridgehead atoms. The van der Waals surface area contributed by atoms with Crippen LogP contribution in [0.25, 0.3) is 0 Å². The van der Waals surface area contributed by atoms with E-state index < -0.39 is 23.0 Å². The van der Waals surface area contributed by atoms with Crippen molar-refractivity contribution in [2.24, 2.45) is 0 Å². The van der Waals surface area contributed by atoms with Gasteiger partial charge in [0.05, 0.1) is 0 Å². The highest BCUT2D eigenvalue weighted by Crippen LogP contribution is 2.36. The van der Waals surface area contributed by atoms with Crippen LogP contribution in [-0.4, -0.2) is 45.5 Å². The van der Waals surface area contributed by atoms with Gasteiger partial charge >= 0.3 is 0 Å². The Balaban J connectivity index is 1.58. The van der Waals surface area contributed by atoms with Crippen LogP contribution >= 0.6 is 0 Å². The summed E-state index contributed by atoms with van der Waals surface area (Å²) < 4.78 is 28.0. The fourth-order valence-electron chi connectivity index (χ4n) is 3.87. The fourth-order valence-corrected chi connectivity index (χ4v) is 3.87. The number of halogens is 2. The summed E-state index contributed by atoms with van der Waals surface area (Å²) >= 11 is 0. The SMILES string of the molecule is Nc1nccnc1C(=O)NCC1(c2cc(F)cc(F)c2)CCN(c2ncccn2)CC1. The van der Waals surface area contributed by atoms with Crippen LogP contribution in [0.3, 0.4) is 0 Å². The highest BCUT2D eigenvalue weighted by molar-refractivity contribution is 5.96. The highest BCUT2D eigenvalue weighted by Gasteiger charge is 2.38. The third-order valence-corrected chi connectivity index (χ3v) is 5.56. The average molecular weight is 425 g/mol. The van der Waals surface area contributed by atoms with Crippen molar-refractivity contribution in [3.8, 4) is 0 Å². The molecule has 0 radical (unpaired) electrons. The predicted octanol–water partition coefficient (Wildman–Crippen LogP) is 2.10. The largest absolute Gasteiger partial charge is 0.382 e. The summed E-state index contributed by atoms with van der Waals surface area (Å²) in [4.78, 5) is 31.0. The number of rotatable bonds is 5. The summed E-state index contributed by atoms with van der Waals surface area (Å²) in [7, 11) is 0. The van der Waals surface area contributed by atoms with E-state index in [1.54, 1.807) is 18.5 Å². The van der Waals surface area contributed by atoms with Crippen LogP contribution in [0.1, 0.15) is 28.9 Å². The second-order valence-corrected chi connectivity index (χ2v) is 7.45. The summed E-state index contributed by atoms with van der Waals surface area (Å²) in [5.74, 6) is -1.20. The van der Waals surface area contributed by atoms with Crippen molar-refractivity contribution in [1.29, 1.82) is 0 Å². The van der Waals surface area contributed by atoms with Gasteiger partial charge < -0.3 is 16.0 Å². The lowest BCUT2D eigenvalue weighted by Crippen LogP contribution is -2.49. The van der Waals surface area contributed by atoms with Crippen molar-refractivity contribution in [3.63, 3.8) is 0 Å². The number of hydrogen-bond acceptors (Lipinski definition) is 7. The molecule has 160 valence electrons. The minimum atomic E-state index is -0.680. The van der Waals surface area contributed by atoms with Gasteiger partial charge in [-0.15, -0.1) is 0 Å². The zero-order valence-corrected chi connectivity index (χ0v) is 16.6. The molecule has 3 heterocycles. The van der Waals surface area contributed by atoms with Gasteiger partial charge in [0, 0.05) is 55.9 Å². The van der Waals surface area contributed by atoms with E-state index in [0.29, 0.717) is 37.4 Å². The standard InChI is InChI=1S/C21H21F2N7O/c22-15-10-14(11-16(23)12-15)21(13-29-19(31)17-18(24)26-7-6-25-17)2-8-30(9-3-21)20-27-4-1-5-28-20/h1,4-7,10-12H,2-3,8-9,13H2,(H2,24,26)(H,29,31). The molecule has 1 saturated heterocycles. The lowest BCUT2D eigenvalue weighted by molar-refractivity contribution is 0.0934. The molecule has 1 fully saturated rings. The minimum Gasteiger partial charge on any atom is -0.382 e. The van der Waals surface area contributed by atoms with Gasteiger partial charge in [-0.3, -0.25) is 4.79 Å². The van der Waals surface area contributed by atoms with Crippen LogP contribution < -0.4 is 16.0 Å². The smallest absolute Gasteiger partial charge is 0.273 e. The van der Waals surface area contributed by atoms with E-state index in [1.807, 2.05) is 4.90 Å². The normalized spacial score (nSPS) is 15.5. The Hall–Kier alpha value is -3.69. The highest BCUT2D eigenvalue weighted by atomic mass is 19.1. The van der Waals surface area contributed by atoms with Gasteiger partial charge in [0.25, 0.3) is 5.91 Å². The molecule has 0 unspecified atom stereocenters. The number of nitrogens with one attached hydrogen (secondary N) is 1. The number of nitrogens with two attached hydrogens (primary N) is 1. The van der Waals surface area contributed by atoms with Crippen LogP contribution in [0.15, 0.2) is 49.1 Å². The second-order valence-electron chi connectivity index (χ2n) is 7.45. The van der Waals surface area contributed by atoms with E-state index in [2.05, 4.69) is 25.3 Å². The monoisotopic (exact) mass is 425 g/mol. The molecule has 1 aromatic carbocycles. The number of anilines is 2. The maximum atomic E-state index is 14.0. The number of carbonyl (C=O) groups excluding carboxylic acids is 1. The van der Waals surface area contributed by atoms with Gasteiger partial charge in [-0.1, -0.05) is 0 Å². The molecule has 1 amide bonds. The number of piperidine rings is 1. The molecule has 3 aromatic rings. The van der Waals surface area contributed by atoms with E-state index in [-0.39, 0.29) is 18.1 Å². The molecular formula is C21H21F2N7O.